The maximum absolute atomic E-state index is 9.36. The van der Waals surface area contributed by atoms with Crippen LogP contribution in [0.5, 0.6) is 11.5 Å². The molecule has 0 fully saturated rings. The maximum atomic E-state index is 9.36. The molecule has 9 rings (SSSR count). The highest BCUT2D eigenvalue weighted by atomic mass is 16.5. The number of aromatic nitrogens is 3. The van der Waals surface area contributed by atoms with E-state index in [1.54, 1.807) is 12.1 Å². The first-order valence-corrected chi connectivity index (χ1v) is 15.2. The number of nitrogens with zero attached hydrogens (tertiary/aromatic N) is 4. The van der Waals surface area contributed by atoms with Crippen molar-refractivity contribution in [3.8, 4) is 62.9 Å². The van der Waals surface area contributed by atoms with Gasteiger partial charge in [-0.2, -0.15) is 5.26 Å². The Labute approximate surface area is 266 Å². The highest BCUT2D eigenvalue weighted by molar-refractivity contribution is 5.90. The molecule has 0 saturated carbocycles. The Hall–Kier alpha value is -6.38. The second-order valence-electron chi connectivity index (χ2n) is 11.5. The van der Waals surface area contributed by atoms with Crippen LogP contribution in [0.25, 0.3) is 45.3 Å². The summed E-state index contributed by atoms with van der Waals surface area (Å²) in [6, 6.07) is 51.4. The summed E-state index contributed by atoms with van der Waals surface area (Å²) in [7, 11) is 0. The highest BCUT2D eigenvalue weighted by Gasteiger charge is 2.51. The molecule has 6 aromatic carbocycles. The van der Waals surface area contributed by atoms with E-state index in [9.17, 15) is 5.26 Å². The van der Waals surface area contributed by atoms with Gasteiger partial charge in [0.05, 0.1) is 17.0 Å². The van der Waals surface area contributed by atoms with Gasteiger partial charge in [-0.3, -0.25) is 0 Å². The Morgan fingerprint density at radius 3 is 1.61 bits per heavy atom. The minimum Gasteiger partial charge on any atom is -0.457 e. The van der Waals surface area contributed by atoms with Gasteiger partial charge in [0.25, 0.3) is 0 Å². The molecule has 0 radical (unpaired) electrons. The SMILES string of the molecule is N#Cc1ccc(-c2nc(-c3ccccc3)nc(-c3ccc4c(c3)C3(c5ccccc5Oc5ccccc53)c3ccccc3-4)n2)cc1. The van der Waals surface area contributed by atoms with Crippen LogP contribution in [0.15, 0.2) is 146 Å². The Morgan fingerprint density at radius 2 is 0.957 bits per heavy atom. The van der Waals surface area contributed by atoms with Crippen LogP contribution < -0.4 is 4.74 Å². The van der Waals surface area contributed by atoms with Crippen LogP contribution in [-0.4, -0.2) is 15.0 Å². The van der Waals surface area contributed by atoms with Crippen LogP contribution in [0.1, 0.15) is 27.8 Å². The number of para-hydroxylation sites is 2. The fraction of sp³-hybridized carbons (Fsp3) is 0.0244. The van der Waals surface area contributed by atoms with Crippen LogP contribution in [0.4, 0.5) is 0 Å². The molecule has 2 heterocycles. The molecule has 0 bridgehead atoms. The van der Waals surface area contributed by atoms with Crippen LogP contribution >= 0.6 is 0 Å². The summed E-state index contributed by atoms with van der Waals surface area (Å²) in [5, 5.41) is 9.36. The zero-order chi connectivity index (χ0) is 30.7. The van der Waals surface area contributed by atoms with Crippen molar-refractivity contribution in [2.75, 3.05) is 0 Å². The summed E-state index contributed by atoms with van der Waals surface area (Å²) in [5.41, 5.74) is 9.59. The molecule has 1 aromatic heterocycles. The van der Waals surface area contributed by atoms with E-state index < -0.39 is 5.41 Å². The zero-order valence-corrected chi connectivity index (χ0v) is 24.6. The fourth-order valence-electron chi connectivity index (χ4n) is 7.04. The van der Waals surface area contributed by atoms with E-state index in [4.69, 9.17) is 19.7 Å². The van der Waals surface area contributed by atoms with E-state index in [1.165, 1.54) is 16.7 Å². The predicted molar refractivity (Wildman–Crippen MR) is 178 cm³/mol. The molecule has 1 aliphatic carbocycles. The van der Waals surface area contributed by atoms with E-state index in [2.05, 4.69) is 84.9 Å². The zero-order valence-electron chi connectivity index (χ0n) is 24.6. The minimum atomic E-state index is -0.585. The van der Waals surface area contributed by atoms with Crippen LogP contribution in [0.2, 0.25) is 0 Å². The maximum Gasteiger partial charge on any atom is 0.164 e. The highest BCUT2D eigenvalue weighted by Crippen LogP contribution is 2.62. The van der Waals surface area contributed by atoms with Crippen molar-refractivity contribution in [3.05, 3.63) is 173 Å². The normalized spacial score (nSPS) is 13.1. The number of hydrogen-bond donors (Lipinski definition) is 0. The van der Waals surface area contributed by atoms with Gasteiger partial charge in [0, 0.05) is 27.8 Å². The van der Waals surface area contributed by atoms with Crippen molar-refractivity contribution in [2.45, 2.75) is 5.41 Å². The quantitative estimate of drug-likeness (QED) is 0.206. The standard InChI is InChI=1S/C41H24N4O/c42-25-26-18-20-28(21-19-26)39-43-38(27-10-2-1-3-11-27)44-40(45-39)29-22-23-31-30-12-4-5-13-32(30)41(35(31)24-29)33-14-6-8-16-36(33)46-37-17-9-7-15-34(37)41/h1-24H. The van der Waals surface area contributed by atoms with Gasteiger partial charge in [-0.1, -0.05) is 103 Å². The third-order valence-electron chi connectivity index (χ3n) is 9.04. The molecule has 0 atom stereocenters. The summed E-state index contributed by atoms with van der Waals surface area (Å²) in [6.07, 6.45) is 0. The molecule has 2 aliphatic rings. The first kappa shape index (κ1) is 26.1. The van der Waals surface area contributed by atoms with E-state index >= 15 is 0 Å². The lowest BCUT2D eigenvalue weighted by Gasteiger charge is -2.39. The van der Waals surface area contributed by atoms with E-state index in [0.717, 1.165) is 44.9 Å². The van der Waals surface area contributed by atoms with Crippen LogP contribution in [0.3, 0.4) is 0 Å². The Kier molecular flexibility index (Phi) is 5.71. The average Bonchev–Trinajstić information content (AvgIpc) is 3.42. The van der Waals surface area contributed by atoms with Crippen molar-refractivity contribution < 1.29 is 4.74 Å². The van der Waals surface area contributed by atoms with Gasteiger partial charge < -0.3 is 4.74 Å². The monoisotopic (exact) mass is 588 g/mol. The van der Waals surface area contributed by atoms with Crippen molar-refractivity contribution in [1.29, 1.82) is 5.26 Å². The van der Waals surface area contributed by atoms with Gasteiger partial charge >= 0.3 is 0 Å². The summed E-state index contributed by atoms with van der Waals surface area (Å²) >= 11 is 0. The van der Waals surface area contributed by atoms with E-state index in [1.807, 2.05) is 54.6 Å². The van der Waals surface area contributed by atoms with Gasteiger partial charge in [0.2, 0.25) is 0 Å². The number of benzene rings is 6. The molecule has 0 amide bonds. The van der Waals surface area contributed by atoms with Gasteiger partial charge in [-0.15, -0.1) is 0 Å². The number of fused-ring (bicyclic) bond motifs is 9. The second kappa shape index (κ2) is 10.1. The van der Waals surface area contributed by atoms with Crippen LogP contribution in [-0.2, 0) is 5.41 Å². The molecule has 0 saturated heterocycles. The summed E-state index contributed by atoms with van der Waals surface area (Å²) in [5.74, 6) is 3.42. The summed E-state index contributed by atoms with van der Waals surface area (Å²) < 4.78 is 6.50. The lowest BCUT2D eigenvalue weighted by molar-refractivity contribution is 0.436. The molecule has 5 heteroatoms. The van der Waals surface area contributed by atoms with E-state index in [-0.39, 0.29) is 0 Å². The topological polar surface area (TPSA) is 71.7 Å². The number of hydrogen-bond acceptors (Lipinski definition) is 5. The molecular formula is C41H24N4O. The Balaban J connectivity index is 1.31. The summed E-state index contributed by atoms with van der Waals surface area (Å²) in [6.45, 7) is 0. The van der Waals surface area contributed by atoms with Gasteiger partial charge in [0.15, 0.2) is 17.5 Å². The first-order valence-electron chi connectivity index (χ1n) is 15.2. The Morgan fingerprint density at radius 1 is 0.457 bits per heavy atom. The molecule has 1 spiro atoms. The van der Waals surface area contributed by atoms with Crippen LogP contribution in [0, 0.1) is 11.3 Å². The number of nitriles is 1. The first-order chi connectivity index (χ1) is 22.7. The lowest BCUT2D eigenvalue weighted by Crippen LogP contribution is -2.32. The second-order valence-corrected chi connectivity index (χ2v) is 11.5. The van der Waals surface area contributed by atoms with Gasteiger partial charge in [-0.05, 0) is 64.7 Å². The molecular weight excluding hydrogens is 564 g/mol. The predicted octanol–water partition coefficient (Wildman–Crippen LogP) is 9.21. The molecule has 0 unspecified atom stereocenters. The largest absolute Gasteiger partial charge is 0.457 e. The molecule has 1 aliphatic heterocycles. The minimum absolute atomic E-state index is 0.550. The average molecular weight is 589 g/mol. The van der Waals surface area contributed by atoms with Crippen molar-refractivity contribution in [1.82, 2.24) is 15.0 Å². The smallest absolute Gasteiger partial charge is 0.164 e. The molecule has 214 valence electrons. The molecule has 7 aromatic rings. The third kappa shape index (κ3) is 3.77. The Bertz CT molecular complexity index is 2310. The molecule has 0 N–H and O–H groups in total. The fourth-order valence-corrected chi connectivity index (χ4v) is 7.04. The number of rotatable bonds is 3. The van der Waals surface area contributed by atoms with Crippen molar-refractivity contribution in [2.24, 2.45) is 0 Å². The van der Waals surface area contributed by atoms with Crippen molar-refractivity contribution in [3.63, 3.8) is 0 Å². The van der Waals surface area contributed by atoms with Gasteiger partial charge in [-0.25, -0.2) is 15.0 Å². The molecule has 5 nitrogen and oxygen atoms in total. The molecule has 46 heavy (non-hydrogen) atoms. The number of ether oxygens (including phenoxy) is 1. The van der Waals surface area contributed by atoms with Gasteiger partial charge in [0.1, 0.15) is 11.5 Å². The lowest BCUT2D eigenvalue weighted by atomic mass is 9.66. The van der Waals surface area contributed by atoms with E-state index in [0.29, 0.717) is 23.0 Å². The van der Waals surface area contributed by atoms with Crippen molar-refractivity contribution >= 4 is 0 Å². The third-order valence-corrected chi connectivity index (χ3v) is 9.04. The summed E-state index contributed by atoms with van der Waals surface area (Å²) in [4.78, 5) is 14.9.